The molecule has 0 aliphatic carbocycles. The summed E-state index contributed by atoms with van der Waals surface area (Å²) >= 11 is 12.1. The van der Waals surface area contributed by atoms with E-state index in [1.54, 1.807) is 22.6 Å². The smallest absolute Gasteiger partial charge is 0.275 e. The second kappa shape index (κ2) is 7.18. The van der Waals surface area contributed by atoms with Gasteiger partial charge < -0.3 is 14.4 Å². The average molecular weight is 340 g/mol. The SMILES string of the molecule is CN(C)CCN(C(=O)c1cc(Cl)c(Cl)n1C)c1ccccc1. The van der Waals surface area contributed by atoms with Gasteiger partial charge in [0.05, 0.1) is 5.02 Å². The van der Waals surface area contributed by atoms with Gasteiger partial charge in [-0.25, -0.2) is 0 Å². The lowest BCUT2D eigenvalue weighted by atomic mass is 10.2. The lowest BCUT2D eigenvalue weighted by Gasteiger charge is -2.24. The molecular formula is C16H19Cl2N3O. The Morgan fingerprint density at radius 2 is 1.77 bits per heavy atom. The number of hydrogen-bond acceptors (Lipinski definition) is 2. The van der Waals surface area contributed by atoms with Gasteiger partial charge in [0.2, 0.25) is 0 Å². The van der Waals surface area contributed by atoms with Crippen LogP contribution in [0.4, 0.5) is 5.69 Å². The third kappa shape index (κ3) is 3.64. The number of hydrogen-bond donors (Lipinski definition) is 0. The normalized spacial score (nSPS) is 11.0. The van der Waals surface area contributed by atoms with E-state index >= 15 is 0 Å². The van der Waals surface area contributed by atoms with E-state index in [2.05, 4.69) is 0 Å². The Morgan fingerprint density at radius 3 is 2.27 bits per heavy atom. The zero-order valence-electron chi connectivity index (χ0n) is 12.9. The van der Waals surface area contributed by atoms with E-state index in [-0.39, 0.29) is 5.91 Å². The van der Waals surface area contributed by atoms with Crippen molar-refractivity contribution in [1.82, 2.24) is 9.47 Å². The molecule has 0 atom stereocenters. The van der Waals surface area contributed by atoms with E-state index in [1.165, 1.54) is 0 Å². The standard InChI is InChI=1S/C16H19Cl2N3O/c1-19(2)9-10-21(12-7-5-4-6-8-12)16(22)14-11-13(17)15(18)20(14)3/h4-8,11H,9-10H2,1-3H3. The van der Waals surface area contributed by atoms with Crippen LogP contribution in [-0.4, -0.2) is 42.6 Å². The summed E-state index contributed by atoms with van der Waals surface area (Å²) in [7, 11) is 5.68. The van der Waals surface area contributed by atoms with Crippen molar-refractivity contribution in [2.24, 2.45) is 7.05 Å². The van der Waals surface area contributed by atoms with Gasteiger partial charge in [-0.05, 0) is 32.3 Å². The Morgan fingerprint density at radius 1 is 1.14 bits per heavy atom. The summed E-state index contributed by atoms with van der Waals surface area (Å²) in [6.07, 6.45) is 0. The molecule has 0 fully saturated rings. The van der Waals surface area contributed by atoms with Gasteiger partial charge in [0, 0.05) is 25.8 Å². The van der Waals surface area contributed by atoms with Crippen molar-refractivity contribution >= 4 is 34.8 Å². The zero-order chi connectivity index (χ0) is 16.3. The third-order valence-electron chi connectivity index (χ3n) is 3.42. The quantitative estimate of drug-likeness (QED) is 0.833. The number of rotatable bonds is 5. The summed E-state index contributed by atoms with van der Waals surface area (Å²) in [5, 5.41) is 0.749. The van der Waals surface area contributed by atoms with Crippen LogP contribution in [0.2, 0.25) is 10.2 Å². The second-order valence-corrected chi connectivity index (χ2v) is 6.09. The molecule has 0 N–H and O–H groups in total. The highest BCUT2D eigenvalue weighted by atomic mass is 35.5. The number of nitrogens with zero attached hydrogens (tertiary/aromatic N) is 3. The molecule has 0 saturated heterocycles. The fourth-order valence-corrected chi connectivity index (χ4v) is 2.52. The molecule has 22 heavy (non-hydrogen) atoms. The molecule has 1 aromatic carbocycles. The number of halogens is 2. The van der Waals surface area contributed by atoms with Gasteiger partial charge >= 0.3 is 0 Å². The van der Waals surface area contributed by atoms with Crippen molar-refractivity contribution < 1.29 is 4.79 Å². The summed E-state index contributed by atoms with van der Waals surface area (Å²) in [5.74, 6) is -0.121. The van der Waals surface area contributed by atoms with Gasteiger partial charge in [-0.2, -0.15) is 0 Å². The van der Waals surface area contributed by atoms with Crippen molar-refractivity contribution in [3.05, 3.63) is 52.3 Å². The number of likely N-dealkylation sites (N-methyl/N-ethyl adjacent to an activating group) is 1. The third-order valence-corrected chi connectivity index (χ3v) is 4.26. The molecule has 2 aromatic rings. The highest BCUT2D eigenvalue weighted by Crippen LogP contribution is 2.27. The van der Waals surface area contributed by atoms with Gasteiger partial charge in [-0.3, -0.25) is 4.79 Å². The number of benzene rings is 1. The summed E-state index contributed by atoms with van der Waals surface area (Å²) < 4.78 is 1.61. The molecular weight excluding hydrogens is 321 g/mol. The molecule has 0 radical (unpaired) electrons. The van der Waals surface area contributed by atoms with Crippen LogP contribution < -0.4 is 4.90 Å². The molecule has 1 aromatic heterocycles. The van der Waals surface area contributed by atoms with Gasteiger partial charge in [0.1, 0.15) is 10.8 Å². The minimum absolute atomic E-state index is 0.121. The molecule has 6 heteroatoms. The van der Waals surface area contributed by atoms with Crippen LogP contribution in [-0.2, 0) is 7.05 Å². The molecule has 118 valence electrons. The maximum absolute atomic E-state index is 12.9. The van der Waals surface area contributed by atoms with E-state index in [1.807, 2.05) is 49.3 Å². The highest BCUT2D eigenvalue weighted by molar-refractivity contribution is 6.42. The van der Waals surface area contributed by atoms with Crippen LogP contribution in [0.3, 0.4) is 0 Å². The fraction of sp³-hybridized carbons (Fsp3) is 0.312. The summed E-state index contributed by atoms with van der Waals surface area (Å²) in [4.78, 5) is 16.7. The lowest BCUT2D eigenvalue weighted by Crippen LogP contribution is -2.37. The lowest BCUT2D eigenvalue weighted by molar-refractivity contribution is 0.0977. The Balaban J connectivity index is 2.35. The zero-order valence-corrected chi connectivity index (χ0v) is 14.4. The number of aromatic nitrogens is 1. The first-order valence-corrected chi connectivity index (χ1v) is 7.69. The molecule has 0 aliphatic heterocycles. The van der Waals surface area contributed by atoms with Crippen molar-refractivity contribution in [3.63, 3.8) is 0 Å². The van der Waals surface area contributed by atoms with E-state index in [0.29, 0.717) is 22.4 Å². The van der Waals surface area contributed by atoms with E-state index < -0.39 is 0 Å². The molecule has 1 heterocycles. The van der Waals surface area contributed by atoms with E-state index in [0.717, 1.165) is 12.2 Å². The average Bonchev–Trinajstić information content (AvgIpc) is 2.75. The highest BCUT2D eigenvalue weighted by Gasteiger charge is 2.22. The molecule has 0 aliphatic rings. The van der Waals surface area contributed by atoms with Crippen molar-refractivity contribution in [1.29, 1.82) is 0 Å². The van der Waals surface area contributed by atoms with Crippen LogP contribution >= 0.6 is 23.2 Å². The Hall–Kier alpha value is -1.49. The summed E-state index contributed by atoms with van der Waals surface area (Å²) in [5.41, 5.74) is 1.32. The van der Waals surface area contributed by atoms with Crippen LogP contribution in [0.15, 0.2) is 36.4 Å². The van der Waals surface area contributed by atoms with Crippen molar-refractivity contribution in [3.8, 4) is 0 Å². The second-order valence-electron chi connectivity index (χ2n) is 5.32. The Bertz CT molecular complexity index is 653. The predicted molar refractivity (Wildman–Crippen MR) is 92.1 cm³/mol. The molecule has 0 bridgehead atoms. The van der Waals surface area contributed by atoms with Gasteiger partial charge in [0.25, 0.3) is 5.91 Å². The minimum Gasteiger partial charge on any atom is -0.329 e. The Kier molecular flexibility index (Phi) is 5.51. The number of amides is 1. The van der Waals surface area contributed by atoms with Crippen LogP contribution in [0.25, 0.3) is 0 Å². The fourth-order valence-electron chi connectivity index (χ4n) is 2.14. The molecule has 1 amide bonds. The summed E-state index contributed by atoms with van der Waals surface area (Å²) in [6.45, 7) is 1.34. The minimum atomic E-state index is -0.121. The van der Waals surface area contributed by atoms with Crippen LogP contribution in [0, 0.1) is 0 Å². The summed E-state index contributed by atoms with van der Waals surface area (Å²) in [6, 6.07) is 11.2. The first-order valence-electron chi connectivity index (χ1n) is 6.94. The molecule has 2 rings (SSSR count). The number of carbonyl (C=O) groups is 1. The maximum atomic E-state index is 12.9. The monoisotopic (exact) mass is 339 g/mol. The van der Waals surface area contributed by atoms with Gasteiger partial charge in [-0.15, -0.1) is 0 Å². The van der Waals surface area contributed by atoms with Gasteiger partial charge in [0.15, 0.2) is 0 Å². The molecule has 0 spiro atoms. The number of para-hydroxylation sites is 1. The van der Waals surface area contributed by atoms with Gasteiger partial charge in [-0.1, -0.05) is 41.4 Å². The molecule has 0 saturated carbocycles. The van der Waals surface area contributed by atoms with Crippen molar-refractivity contribution in [2.75, 3.05) is 32.1 Å². The number of anilines is 1. The first kappa shape index (κ1) is 16.9. The maximum Gasteiger partial charge on any atom is 0.275 e. The largest absolute Gasteiger partial charge is 0.329 e. The van der Waals surface area contributed by atoms with Crippen molar-refractivity contribution in [2.45, 2.75) is 0 Å². The van der Waals surface area contributed by atoms with Crippen LogP contribution in [0.1, 0.15) is 10.5 Å². The number of carbonyl (C=O) groups excluding carboxylic acids is 1. The Labute approximate surface area is 140 Å². The molecule has 0 unspecified atom stereocenters. The topological polar surface area (TPSA) is 28.5 Å². The van der Waals surface area contributed by atoms with E-state index in [4.69, 9.17) is 23.2 Å². The predicted octanol–water partition coefficient (Wildman–Crippen LogP) is 3.54. The first-order chi connectivity index (χ1) is 10.4. The van der Waals surface area contributed by atoms with E-state index in [9.17, 15) is 4.79 Å². The molecule has 4 nitrogen and oxygen atoms in total. The van der Waals surface area contributed by atoms with Crippen LogP contribution in [0.5, 0.6) is 0 Å².